The molecular formula is C17H23N3O. The summed E-state index contributed by atoms with van der Waals surface area (Å²) in [7, 11) is 0. The number of carbonyl (C=O) groups excluding carboxylic acids is 1. The molecule has 1 aromatic heterocycles. The Hall–Kier alpha value is -1.86. The molecule has 112 valence electrons. The van der Waals surface area contributed by atoms with Crippen molar-refractivity contribution in [2.45, 2.75) is 39.5 Å². The number of amides is 1. The third-order valence-corrected chi connectivity index (χ3v) is 4.17. The Morgan fingerprint density at radius 1 is 1.52 bits per heavy atom. The van der Waals surface area contributed by atoms with Crippen LogP contribution in [0.4, 0.5) is 5.82 Å². The number of nitrogens with two attached hydrogens (primary N) is 1. The highest BCUT2D eigenvalue weighted by atomic mass is 16.2. The van der Waals surface area contributed by atoms with E-state index in [2.05, 4.69) is 36.0 Å². The number of rotatable bonds is 2. The topological polar surface area (TPSA) is 68.0 Å². The second-order valence-corrected chi connectivity index (χ2v) is 6.21. The number of aromatic nitrogens is 1. The average molecular weight is 285 g/mol. The molecule has 0 aromatic carbocycles. The lowest BCUT2D eigenvalue weighted by Crippen LogP contribution is -2.37. The zero-order valence-corrected chi connectivity index (χ0v) is 12.8. The van der Waals surface area contributed by atoms with E-state index in [0.29, 0.717) is 12.4 Å². The zero-order chi connectivity index (χ0) is 15.3. The van der Waals surface area contributed by atoms with Crippen LogP contribution >= 0.6 is 0 Å². The first-order chi connectivity index (χ1) is 10.0. The fourth-order valence-electron chi connectivity index (χ4n) is 2.92. The first-order valence-corrected chi connectivity index (χ1v) is 7.49. The van der Waals surface area contributed by atoms with E-state index < -0.39 is 0 Å². The maximum absolute atomic E-state index is 12.5. The second kappa shape index (κ2) is 6.73. The molecule has 0 aliphatic heterocycles. The molecule has 1 atom stereocenters. The van der Waals surface area contributed by atoms with E-state index >= 15 is 0 Å². The van der Waals surface area contributed by atoms with E-state index in [-0.39, 0.29) is 17.2 Å². The molecule has 1 amide bonds. The Balaban J connectivity index is 2.08. The van der Waals surface area contributed by atoms with Gasteiger partial charge in [-0.3, -0.25) is 4.79 Å². The van der Waals surface area contributed by atoms with Gasteiger partial charge in [-0.05, 0) is 30.4 Å². The maximum Gasteiger partial charge on any atom is 0.229 e. The molecule has 2 rings (SSSR count). The molecule has 1 aliphatic rings. The molecule has 0 spiro atoms. The molecule has 1 saturated carbocycles. The van der Waals surface area contributed by atoms with Crippen LogP contribution in [-0.4, -0.2) is 17.4 Å². The molecule has 1 aromatic rings. The van der Waals surface area contributed by atoms with Gasteiger partial charge in [0.15, 0.2) is 0 Å². The van der Waals surface area contributed by atoms with Crippen molar-refractivity contribution < 1.29 is 4.79 Å². The highest BCUT2D eigenvalue weighted by Gasteiger charge is 2.37. The Morgan fingerprint density at radius 3 is 3.05 bits per heavy atom. The normalized spacial score (nSPS) is 20.2. The third kappa shape index (κ3) is 4.05. The fraction of sp³-hybridized carbons (Fsp3) is 0.529. The van der Waals surface area contributed by atoms with E-state index in [1.54, 1.807) is 12.3 Å². The van der Waals surface area contributed by atoms with Crippen molar-refractivity contribution in [2.75, 3.05) is 11.9 Å². The van der Waals surface area contributed by atoms with Gasteiger partial charge in [-0.2, -0.15) is 0 Å². The first-order valence-electron chi connectivity index (χ1n) is 7.49. The largest absolute Gasteiger partial charge is 0.320 e. The number of nitrogens with zero attached hydrogens (tertiary/aromatic N) is 1. The monoisotopic (exact) mass is 285 g/mol. The van der Waals surface area contributed by atoms with E-state index in [0.717, 1.165) is 24.8 Å². The zero-order valence-electron chi connectivity index (χ0n) is 12.8. The highest BCUT2D eigenvalue weighted by molar-refractivity contribution is 5.92. The van der Waals surface area contributed by atoms with Crippen molar-refractivity contribution in [1.29, 1.82) is 0 Å². The average Bonchev–Trinajstić information content (AvgIpc) is 2.45. The molecule has 4 heteroatoms. The Kier molecular flexibility index (Phi) is 4.98. The summed E-state index contributed by atoms with van der Waals surface area (Å²) >= 11 is 0. The molecule has 1 aliphatic carbocycles. The van der Waals surface area contributed by atoms with Gasteiger partial charge in [-0.1, -0.05) is 38.5 Å². The van der Waals surface area contributed by atoms with Crippen LogP contribution in [0.25, 0.3) is 0 Å². The van der Waals surface area contributed by atoms with Crippen LogP contribution in [0.15, 0.2) is 18.3 Å². The minimum atomic E-state index is 0.0480. The van der Waals surface area contributed by atoms with Gasteiger partial charge >= 0.3 is 0 Å². The van der Waals surface area contributed by atoms with Crippen LogP contribution in [-0.2, 0) is 4.79 Å². The Labute approximate surface area is 126 Å². The Morgan fingerprint density at radius 2 is 2.33 bits per heavy atom. The summed E-state index contributed by atoms with van der Waals surface area (Å²) in [5.74, 6) is 6.42. The molecule has 4 nitrogen and oxygen atoms in total. The quantitative estimate of drug-likeness (QED) is 0.821. The molecule has 0 radical (unpaired) electrons. The standard InChI is InChI=1S/C17H23N3O/c1-17(2)9-4-3-7-14(17)16(21)20-15-12-13(6-5-10-18)8-11-19-15/h8,11-12,14H,3-4,7,9-10,18H2,1-2H3,(H,19,20,21). The lowest BCUT2D eigenvalue weighted by molar-refractivity contribution is -0.124. The fourth-order valence-corrected chi connectivity index (χ4v) is 2.92. The summed E-state index contributed by atoms with van der Waals surface area (Å²) in [4.78, 5) is 16.7. The minimum absolute atomic E-state index is 0.0480. The van der Waals surface area contributed by atoms with Crippen molar-refractivity contribution in [3.63, 3.8) is 0 Å². The van der Waals surface area contributed by atoms with E-state index in [9.17, 15) is 4.79 Å². The smallest absolute Gasteiger partial charge is 0.229 e. The molecule has 0 saturated heterocycles. The molecule has 1 fully saturated rings. The maximum atomic E-state index is 12.5. The number of pyridine rings is 1. The van der Waals surface area contributed by atoms with Crippen molar-refractivity contribution in [3.05, 3.63) is 23.9 Å². The first kappa shape index (κ1) is 15.5. The van der Waals surface area contributed by atoms with E-state index in [1.165, 1.54) is 6.42 Å². The SMILES string of the molecule is CC1(C)CCCCC1C(=O)Nc1cc(C#CCN)ccn1. The van der Waals surface area contributed by atoms with Gasteiger partial charge in [0.25, 0.3) is 0 Å². The molecule has 21 heavy (non-hydrogen) atoms. The van der Waals surface area contributed by atoms with Gasteiger partial charge in [0.2, 0.25) is 5.91 Å². The second-order valence-electron chi connectivity index (χ2n) is 6.21. The molecular weight excluding hydrogens is 262 g/mol. The van der Waals surface area contributed by atoms with Crippen LogP contribution in [0.5, 0.6) is 0 Å². The van der Waals surface area contributed by atoms with Crippen LogP contribution in [0.3, 0.4) is 0 Å². The number of anilines is 1. The predicted octanol–water partition coefficient (Wildman–Crippen LogP) is 2.55. The summed E-state index contributed by atoms with van der Waals surface area (Å²) in [6.45, 7) is 4.67. The Bertz CT molecular complexity index is 569. The van der Waals surface area contributed by atoms with E-state index in [4.69, 9.17) is 5.73 Å². The molecule has 1 heterocycles. The number of nitrogens with one attached hydrogen (secondary N) is 1. The summed E-state index contributed by atoms with van der Waals surface area (Å²) in [5.41, 5.74) is 6.23. The van der Waals surface area contributed by atoms with Crippen molar-refractivity contribution in [3.8, 4) is 11.8 Å². The van der Waals surface area contributed by atoms with Gasteiger partial charge in [0.1, 0.15) is 5.82 Å². The van der Waals surface area contributed by atoms with Crippen molar-refractivity contribution in [1.82, 2.24) is 4.98 Å². The predicted molar refractivity (Wildman–Crippen MR) is 84.5 cm³/mol. The van der Waals surface area contributed by atoms with Crippen molar-refractivity contribution >= 4 is 11.7 Å². The summed E-state index contributed by atoms with van der Waals surface area (Å²) in [6, 6.07) is 3.60. The molecule has 0 bridgehead atoms. The number of hydrogen-bond acceptors (Lipinski definition) is 3. The highest BCUT2D eigenvalue weighted by Crippen LogP contribution is 2.40. The van der Waals surface area contributed by atoms with Crippen LogP contribution in [0.2, 0.25) is 0 Å². The number of carbonyl (C=O) groups is 1. The van der Waals surface area contributed by atoms with Gasteiger partial charge in [-0.25, -0.2) is 4.98 Å². The van der Waals surface area contributed by atoms with Gasteiger partial charge in [0, 0.05) is 17.7 Å². The van der Waals surface area contributed by atoms with Crippen molar-refractivity contribution in [2.24, 2.45) is 17.1 Å². The van der Waals surface area contributed by atoms with Crippen LogP contribution < -0.4 is 11.1 Å². The van der Waals surface area contributed by atoms with Gasteiger partial charge in [-0.15, -0.1) is 0 Å². The van der Waals surface area contributed by atoms with Gasteiger partial charge < -0.3 is 11.1 Å². The van der Waals surface area contributed by atoms with Crippen LogP contribution in [0.1, 0.15) is 45.1 Å². The van der Waals surface area contributed by atoms with Crippen LogP contribution in [0, 0.1) is 23.2 Å². The number of hydrogen-bond donors (Lipinski definition) is 2. The lowest BCUT2D eigenvalue weighted by atomic mass is 9.68. The summed E-state index contributed by atoms with van der Waals surface area (Å²) < 4.78 is 0. The molecule has 1 unspecified atom stereocenters. The minimum Gasteiger partial charge on any atom is -0.320 e. The molecule has 3 N–H and O–H groups in total. The summed E-state index contributed by atoms with van der Waals surface area (Å²) in [6.07, 6.45) is 6.03. The van der Waals surface area contributed by atoms with E-state index in [1.807, 2.05) is 6.07 Å². The summed E-state index contributed by atoms with van der Waals surface area (Å²) in [5, 5.41) is 2.94. The third-order valence-electron chi connectivity index (χ3n) is 4.17. The van der Waals surface area contributed by atoms with Gasteiger partial charge in [0.05, 0.1) is 6.54 Å². The lowest BCUT2D eigenvalue weighted by Gasteiger charge is -2.37.